The minimum atomic E-state index is -0.154. The Labute approximate surface area is 146 Å². The van der Waals surface area contributed by atoms with Crippen LogP contribution >= 0.6 is 11.8 Å². The van der Waals surface area contributed by atoms with Crippen LogP contribution in [0.2, 0.25) is 0 Å². The number of hydrogen-bond donors (Lipinski definition) is 1. The smallest absolute Gasteiger partial charge is 0.239 e. The Hall–Kier alpha value is -2.40. The Morgan fingerprint density at radius 1 is 1.08 bits per heavy atom. The van der Waals surface area contributed by atoms with E-state index in [-0.39, 0.29) is 11.2 Å². The minimum Gasteiger partial charge on any atom is -0.303 e. The van der Waals surface area contributed by atoms with E-state index in [9.17, 15) is 4.79 Å². The van der Waals surface area contributed by atoms with Gasteiger partial charge in [-0.3, -0.25) is 4.79 Å². The van der Waals surface area contributed by atoms with Gasteiger partial charge in [0.2, 0.25) is 5.91 Å². The molecule has 1 heterocycles. The third-order valence-electron chi connectivity index (χ3n) is 3.98. The second kappa shape index (κ2) is 7.45. The first kappa shape index (κ1) is 16.5. The molecule has 0 radical (unpaired) electrons. The number of aryl methyl sites for hydroxylation is 2. The van der Waals surface area contributed by atoms with E-state index in [0.717, 1.165) is 11.1 Å². The average Bonchev–Trinajstić information content (AvgIpc) is 2.91. The van der Waals surface area contributed by atoms with E-state index in [1.807, 2.05) is 43.3 Å². The molecular weight excluding hydrogens is 318 g/mol. The lowest BCUT2D eigenvalue weighted by atomic mass is 10.0. The molecule has 0 saturated carbocycles. The molecule has 122 valence electrons. The number of amides is 1. The number of hydrogen-bond acceptors (Lipinski definition) is 4. The van der Waals surface area contributed by atoms with Crippen LogP contribution in [-0.2, 0) is 11.2 Å². The summed E-state index contributed by atoms with van der Waals surface area (Å²) in [6.07, 6.45) is 2.41. The van der Waals surface area contributed by atoms with Crippen molar-refractivity contribution in [2.24, 2.45) is 10.2 Å². The van der Waals surface area contributed by atoms with Crippen LogP contribution in [0, 0.1) is 13.8 Å². The SMILES string of the molecule is Cc1ccccc1C=NN=C1NC(=O)C(Cc2ccccc2C)S1. The lowest BCUT2D eigenvalue weighted by molar-refractivity contribution is -0.118. The van der Waals surface area contributed by atoms with Crippen molar-refractivity contribution in [3.05, 3.63) is 70.8 Å². The van der Waals surface area contributed by atoms with Gasteiger partial charge in [-0.05, 0) is 42.5 Å². The van der Waals surface area contributed by atoms with Gasteiger partial charge < -0.3 is 5.32 Å². The van der Waals surface area contributed by atoms with Crippen molar-refractivity contribution in [2.75, 3.05) is 0 Å². The fraction of sp³-hybridized carbons (Fsp3) is 0.211. The second-order valence-electron chi connectivity index (χ2n) is 5.73. The van der Waals surface area contributed by atoms with Crippen LogP contribution in [0.1, 0.15) is 22.3 Å². The normalized spacial score (nSPS) is 19.2. The van der Waals surface area contributed by atoms with E-state index >= 15 is 0 Å². The van der Waals surface area contributed by atoms with Gasteiger partial charge in [0, 0.05) is 0 Å². The van der Waals surface area contributed by atoms with Crippen molar-refractivity contribution in [3.8, 4) is 0 Å². The number of benzene rings is 2. The highest BCUT2D eigenvalue weighted by Gasteiger charge is 2.30. The van der Waals surface area contributed by atoms with E-state index < -0.39 is 0 Å². The molecule has 0 aliphatic carbocycles. The average molecular weight is 337 g/mol. The van der Waals surface area contributed by atoms with Crippen LogP contribution < -0.4 is 5.32 Å². The number of nitrogens with one attached hydrogen (secondary N) is 1. The first-order chi connectivity index (χ1) is 11.6. The molecule has 0 bridgehead atoms. The van der Waals surface area contributed by atoms with Crippen molar-refractivity contribution in [2.45, 2.75) is 25.5 Å². The third kappa shape index (κ3) is 3.92. The summed E-state index contributed by atoms with van der Waals surface area (Å²) < 4.78 is 0. The van der Waals surface area contributed by atoms with Crippen LogP contribution in [-0.4, -0.2) is 22.5 Å². The van der Waals surface area contributed by atoms with Crippen molar-refractivity contribution in [3.63, 3.8) is 0 Å². The minimum absolute atomic E-state index is 0.00639. The maximum absolute atomic E-state index is 12.1. The first-order valence-electron chi connectivity index (χ1n) is 7.82. The molecule has 1 atom stereocenters. The summed E-state index contributed by atoms with van der Waals surface area (Å²) in [5.74, 6) is -0.00639. The molecule has 0 spiro atoms. The maximum atomic E-state index is 12.1. The van der Waals surface area contributed by atoms with Crippen LogP contribution in [0.4, 0.5) is 0 Å². The van der Waals surface area contributed by atoms with Gasteiger partial charge in [0.05, 0.1) is 11.5 Å². The monoisotopic (exact) mass is 337 g/mol. The molecule has 4 nitrogen and oxygen atoms in total. The zero-order chi connectivity index (χ0) is 16.9. The Morgan fingerprint density at radius 3 is 2.54 bits per heavy atom. The van der Waals surface area contributed by atoms with Gasteiger partial charge in [-0.1, -0.05) is 60.3 Å². The van der Waals surface area contributed by atoms with Gasteiger partial charge in [-0.25, -0.2) is 0 Å². The quantitative estimate of drug-likeness (QED) is 0.686. The maximum Gasteiger partial charge on any atom is 0.239 e. The molecule has 1 aliphatic heterocycles. The Balaban J connectivity index is 1.66. The Bertz CT molecular complexity index is 814. The molecule has 1 unspecified atom stereocenters. The molecular formula is C19H19N3OS. The number of nitrogens with zero attached hydrogens (tertiary/aromatic N) is 2. The summed E-state index contributed by atoms with van der Waals surface area (Å²) in [6, 6.07) is 16.1. The predicted molar refractivity (Wildman–Crippen MR) is 101 cm³/mol. The summed E-state index contributed by atoms with van der Waals surface area (Å²) in [7, 11) is 0. The highest BCUT2D eigenvalue weighted by molar-refractivity contribution is 8.15. The summed E-state index contributed by atoms with van der Waals surface area (Å²) in [5.41, 5.74) is 4.55. The summed E-state index contributed by atoms with van der Waals surface area (Å²) in [4.78, 5) is 12.1. The van der Waals surface area contributed by atoms with Crippen LogP contribution in [0.25, 0.3) is 0 Å². The topological polar surface area (TPSA) is 53.8 Å². The fourth-order valence-electron chi connectivity index (χ4n) is 2.50. The van der Waals surface area contributed by atoms with E-state index in [4.69, 9.17) is 0 Å². The lowest BCUT2D eigenvalue weighted by Gasteiger charge is -2.07. The third-order valence-corrected chi connectivity index (χ3v) is 5.05. The van der Waals surface area contributed by atoms with E-state index in [0.29, 0.717) is 11.6 Å². The predicted octanol–water partition coefficient (Wildman–Crippen LogP) is 3.47. The second-order valence-corrected chi connectivity index (χ2v) is 6.92. The fourth-order valence-corrected chi connectivity index (χ4v) is 3.45. The largest absolute Gasteiger partial charge is 0.303 e. The van der Waals surface area contributed by atoms with Crippen LogP contribution in [0.5, 0.6) is 0 Å². The van der Waals surface area contributed by atoms with Gasteiger partial charge in [0.1, 0.15) is 0 Å². The van der Waals surface area contributed by atoms with Crippen molar-refractivity contribution >= 4 is 29.1 Å². The van der Waals surface area contributed by atoms with Crippen molar-refractivity contribution in [1.29, 1.82) is 0 Å². The van der Waals surface area contributed by atoms with Crippen LogP contribution in [0.15, 0.2) is 58.7 Å². The Kier molecular flexibility index (Phi) is 5.11. The van der Waals surface area contributed by atoms with Crippen LogP contribution in [0.3, 0.4) is 0 Å². The van der Waals surface area contributed by atoms with Gasteiger partial charge in [-0.2, -0.15) is 5.10 Å². The molecule has 1 fully saturated rings. The van der Waals surface area contributed by atoms with E-state index in [1.165, 1.54) is 22.9 Å². The molecule has 2 aromatic rings. The molecule has 2 aromatic carbocycles. The van der Waals surface area contributed by atoms with Crippen molar-refractivity contribution < 1.29 is 4.79 Å². The first-order valence-corrected chi connectivity index (χ1v) is 8.70. The van der Waals surface area contributed by atoms with Gasteiger partial charge in [0.25, 0.3) is 0 Å². The zero-order valence-corrected chi connectivity index (χ0v) is 14.5. The molecule has 24 heavy (non-hydrogen) atoms. The summed E-state index contributed by atoms with van der Waals surface area (Å²) in [6.45, 7) is 4.09. The molecule has 5 heteroatoms. The summed E-state index contributed by atoms with van der Waals surface area (Å²) in [5, 5.41) is 11.5. The molecule has 3 rings (SSSR count). The number of thioether (sulfide) groups is 1. The number of carbonyl (C=O) groups excluding carboxylic acids is 1. The number of amidine groups is 1. The van der Waals surface area contributed by atoms with Gasteiger partial charge in [-0.15, -0.1) is 5.10 Å². The van der Waals surface area contributed by atoms with Crippen molar-refractivity contribution in [1.82, 2.24) is 5.32 Å². The standard InChI is InChI=1S/C19H19N3OS/c1-13-7-3-5-9-15(13)11-17-18(23)21-19(24-17)22-20-12-16-10-6-4-8-14(16)2/h3-10,12,17H,11H2,1-2H3,(H,21,22,23). The number of rotatable bonds is 4. The van der Waals surface area contributed by atoms with Gasteiger partial charge in [0.15, 0.2) is 5.17 Å². The summed E-state index contributed by atoms with van der Waals surface area (Å²) >= 11 is 1.44. The highest BCUT2D eigenvalue weighted by atomic mass is 32.2. The zero-order valence-electron chi connectivity index (χ0n) is 13.7. The molecule has 1 amide bonds. The molecule has 1 saturated heterocycles. The Morgan fingerprint density at radius 2 is 1.79 bits per heavy atom. The number of carbonyl (C=O) groups is 1. The molecule has 1 aliphatic rings. The molecule has 1 N–H and O–H groups in total. The van der Waals surface area contributed by atoms with E-state index in [2.05, 4.69) is 34.6 Å². The van der Waals surface area contributed by atoms with Gasteiger partial charge >= 0.3 is 0 Å². The van der Waals surface area contributed by atoms with E-state index in [1.54, 1.807) is 6.21 Å². The lowest BCUT2D eigenvalue weighted by Crippen LogP contribution is -2.26. The highest BCUT2D eigenvalue weighted by Crippen LogP contribution is 2.24. The molecule has 0 aromatic heterocycles.